The van der Waals surface area contributed by atoms with Crippen LogP contribution in [0.5, 0.6) is 5.75 Å². The fraction of sp³-hybridized carbons (Fsp3) is 0.278. The zero-order valence-electron chi connectivity index (χ0n) is 12.9. The Hall–Kier alpha value is -2.33. The van der Waals surface area contributed by atoms with Gasteiger partial charge in [0.1, 0.15) is 5.75 Å². The van der Waals surface area contributed by atoms with E-state index in [1.165, 1.54) is 5.56 Å². The molecule has 4 heteroatoms. The maximum atomic E-state index is 11.9. The SMILES string of the molecule is CC(C)c1cccc(NC(=O)COc2cccc(CO)c2)c1. The number of carbonyl (C=O) groups is 1. The Balaban J connectivity index is 1.91. The van der Waals surface area contributed by atoms with E-state index in [9.17, 15) is 4.79 Å². The number of anilines is 1. The van der Waals surface area contributed by atoms with Crippen LogP contribution in [0.25, 0.3) is 0 Å². The smallest absolute Gasteiger partial charge is 0.262 e. The molecule has 0 bridgehead atoms. The van der Waals surface area contributed by atoms with Gasteiger partial charge in [-0.1, -0.05) is 38.1 Å². The first-order valence-electron chi connectivity index (χ1n) is 7.31. The second-order valence-electron chi connectivity index (χ2n) is 5.42. The Morgan fingerprint density at radius 3 is 2.68 bits per heavy atom. The number of carbonyl (C=O) groups excluding carboxylic acids is 1. The molecule has 4 nitrogen and oxygen atoms in total. The van der Waals surface area contributed by atoms with Gasteiger partial charge in [0.05, 0.1) is 6.61 Å². The molecule has 0 saturated heterocycles. The van der Waals surface area contributed by atoms with E-state index >= 15 is 0 Å². The fourth-order valence-corrected chi connectivity index (χ4v) is 2.06. The van der Waals surface area contributed by atoms with Crippen LogP contribution in [0.15, 0.2) is 48.5 Å². The molecule has 0 saturated carbocycles. The standard InChI is InChI=1S/C18H21NO3/c1-13(2)15-6-4-7-16(10-15)19-18(21)12-22-17-8-3-5-14(9-17)11-20/h3-10,13,20H,11-12H2,1-2H3,(H,19,21). The van der Waals surface area contributed by atoms with Crippen molar-refractivity contribution in [2.75, 3.05) is 11.9 Å². The van der Waals surface area contributed by atoms with Crippen LogP contribution in [-0.4, -0.2) is 17.6 Å². The minimum Gasteiger partial charge on any atom is -0.484 e. The second-order valence-corrected chi connectivity index (χ2v) is 5.42. The minimum absolute atomic E-state index is 0.0502. The highest BCUT2D eigenvalue weighted by Gasteiger charge is 2.06. The van der Waals surface area contributed by atoms with Crippen molar-refractivity contribution in [3.05, 3.63) is 59.7 Å². The van der Waals surface area contributed by atoms with Gasteiger partial charge in [-0.2, -0.15) is 0 Å². The third-order valence-corrected chi connectivity index (χ3v) is 3.29. The summed E-state index contributed by atoms with van der Waals surface area (Å²) in [5, 5.41) is 11.9. The topological polar surface area (TPSA) is 58.6 Å². The van der Waals surface area contributed by atoms with Crippen LogP contribution in [0.3, 0.4) is 0 Å². The third-order valence-electron chi connectivity index (χ3n) is 3.29. The molecule has 0 heterocycles. The van der Waals surface area contributed by atoms with Crippen LogP contribution in [0, 0.1) is 0 Å². The fourth-order valence-electron chi connectivity index (χ4n) is 2.06. The molecule has 0 radical (unpaired) electrons. The maximum absolute atomic E-state index is 11.9. The predicted octanol–water partition coefficient (Wildman–Crippen LogP) is 3.32. The first-order valence-corrected chi connectivity index (χ1v) is 7.31. The van der Waals surface area contributed by atoms with Crippen LogP contribution in [-0.2, 0) is 11.4 Å². The summed E-state index contributed by atoms with van der Waals surface area (Å²) < 4.78 is 5.44. The van der Waals surface area contributed by atoms with Crippen molar-refractivity contribution in [3.63, 3.8) is 0 Å². The first kappa shape index (κ1) is 16.0. The van der Waals surface area contributed by atoms with Gasteiger partial charge in [0, 0.05) is 5.69 Å². The largest absolute Gasteiger partial charge is 0.484 e. The Bertz CT molecular complexity index is 638. The van der Waals surface area contributed by atoms with Gasteiger partial charge in [0.2, 0.25) is 0 Å². The van der Waals surface area contributed by atoms with E-state index in [1.54, 1.807) is 24.3 Å². The molecule has 2 aromatic carbocycles. The monoisotopic (exact) mass is 299 g/mol. The Kier molecular flexibility index (Phi) is 5.55. The highest BCUT2D eigenvalue weighted by Crippen LogP contribution is 2.18. The van der Waals surface area contributed by atoms with Crippen LogP contribution < -0.4 is 10.1 Å². The summed E-state index contributed by atoms with van der Waals surface area (Å²) in [6.07, 6.45) is 0. The number of rotatable bonds is 6. The Morgan fingerprint density at radius 2 is 1.95 bits per heavy atom. The van der Waals surface area contributed by atoms with E-state index in [1.807, 2.05) is 24.3 Å². The average molecular weight is 299 g/mol. The lowest BCUT2D eigenvalue weighted by atomic mass is 10.0. The van der Waals surface area contributed by atoms with E-state index in [-0.39, 0.29) is 19.1 Å². The average Bonchev–Trinajstić information content (AvgIpc) is 2.53. The van der Waals surface area contributed by atoms with E-state index in [0.29, 0.717) is 11.7 Å². The molecule has 0 aliphatic carbocycles. The van der Waals surface area contributed by atoms with Gasteiger partial charge in [-0.15, -0.1) is 0 Å². The molecule has 0 aliphatic heterocycles. The van der Waals surface area contributed by atoms with Crippen molar-refractivity contribution in [1.29, 1.82) is 0 Å². The molecule has 0 aliphatic rings. The highest BCUT2D eigenvalue weighted by molar-refractivity contribution is 5.91. The van der Waals surface area contributed by atoms with Crippen LogP contribution in [0.1, 0.15) is 30.9 Å². The van der Waals surface area contributed by atoms with Gasteiger partial charge in [0.15, 0.2) is 6.61 Å². The van der Waals surface area contributed by atoms with Crippen molar-refractivity contribution in [2.45, 2.75) is 26.4 Å². The van der Waals surface area contributed by atoms with Crippen LogP contribution in [0.4, 0.5) is 5.69 Å². The second kappa shape index (κ2) is 7.61. The summed E-state index contributed by atoms with van der Waals surface area (Å²) in [5.74, 6) is 0.766. The van der Waals surface area contributed by atoms with E-state index in [0.717, 1.165) is 11.3 Å². The molecule has 2 rings (SSSR count). The number of hydrogen-bond acceptors (Lipinski definition) is 3. The number of aliphatic hydroxyl groups is 1. The van der Waals surface area contributed by atoms with Gasteiger partial charge >= 0.3 is 0 Å². The van der Waals surface area contributed by atoms with Gasteiger partial charge in [-0.3, -0.25) is 4.79 Å². The molecule has 0 fully saturated rings. The molecule has 116 valence electrons. The Labute approximate surface area is 130 Å². The van der Waals surface area contributed by atoms with Crippen molar-refractivity contribution < 1.29 is 14.6 Å². The van der Waals surface area contributed by atoms with Gasteiger partial charge in [-0.25, -0.2) is 0 Å². The van der Waals surface area contributed by atoms with Crippen molar-refractivity contribution in [2.24, 2.45) is 0 Å². The molecule has 0 unspecified atom stereocenters. The summed E-state index contributed by atoms with van der Waals surface area (Å²) in [5.41, 5.74) is 2.70. The van der Waals surface area contributed by atoms with Crippen LogP contribution in [0.2, 0.25) is 0 Å². The highest BCUT2D eigenvalue weighted by atomic mass is 16.5. The van der Waals surface area contributed by atoms with E-state index in [2.05, 4.69) is 19.2 Å². The summed E-state index contributed by atoms with van der Waals surface area (Å²) in [6.45, 7) is 4.10. The number of hydrogen-bond donors (Lipinski definition) is 2. The van der Waals surface area contributed by atoms with E-state index in [4.69, 9.17) is 9.84 Å². The zero-order valence-corrected chi connectivity index (χ0v) is 12.9. The van der Waals surface area contributed by atoms with Gasteiger partial charge in [0.25, 0.3) is 5.91 Å². The summed E-state index contributed by atoms with van der Waals surface area (Å²) in [6, 6.07) is 14.8. The Morgan fingerprint density at radius 1 is 1.18 bits per heavy atom. The van der Waals surface area contributed by atoms with Gasteiger partial charge < -0.3 is 15.2 Å². The molecule has 1 amide bonds. The molecule has 2 aromatic rings. The third kappa shape index (κ3) is 4.60. The number of benzene rings is 2. The molecule has 22 heavy (non-hydrogen) atoms. The molecule has 2 N–H and O–H groups in total. The lowest BCUT2D eigenvalue weighted by molar-refractivity contribution is -0.118. The van der Waals surface area contributed by atoms with E-state index < -0.39 is 0 Å². The van der Waals surface area contributed by atoms with Crippen LogP contribution >= 0.6 is 0 Å². The molecular formula is C18H21NO3. The van der Waals surface area contributed by atoms with Crippen molar-refractivity contribution in [3.8, 4) is 5.75 Å². The zero-order chi connectivity index (χ0) is 15.9. The quantitative estimate of drug-likeness (QED) is 0.860. The minimum atomic E-state index is -0.213. The molecule has 0 atom stereocenters. The first-order chi connectivity index (χ1) is 10.6. The number of nitrogens with one attached hydrogen (secondary N) is 1. The lowest BCUT2D eigenvalue weighted by Crippen LogP contribution is -2.20. The summed E-state index contributed by atoms with van der Waals surface area (Å²) in [7, 11) is 0. The maximum Gasteiger partial charge on any atom is 0.262 e. The molecule has 0 aromatic heterocycles. The van der Waals surface area contributed by atoms with Crippen molar-refractivity contribution >= 4 is 11.6 Å². The number of ether oxygens (including phenoxy) is 1. The van der Waals surface area contributed by atoms with Gasteiger partial charge in [-0.05, 0) is 41.3 Å². The van der Waals surface area contributed by atoms with Crippen molar-refractivity contribution in [1.82, 2.24) is 0 Å². The normalized spacial score (nSPS) is 10.5. The summed E-state index contributed by atoms with van der Waals surface area (Å²) in [4.78, 5) is 11.9. The predicted molar refractivity (Wildman–Crippen MR) is 87.0 cm³/mol. The lowest BCUT2D eigenvalue weighted by Gasteiger charge is -2.10. The molecule has 0 spiro atoms. The number of amides is 1. The number of aliphatic hydroxyl groups excluding tert-OH is 1. The summed E-state index contributed by atoms with van der Waals surface area (Å²) >= 11 is 0. The molecular weight excluding hydrogens is 278 g/mol.